The molecule has 0 rings (SSSR count). The summed E-state index contributed by atoms with van der Waals surface area (Å²) in [6.07, 6.45) is -1.17. The second kappa shape index (κ2) is 9.48. The van der Waals surface area contributed by atoms with Gasteiger partial charge < -0.3 is 10.2 Å². The molecule has 0 aromatic carbocycles. The van der Waals surface area contributed by atoms with E-state index < -0.39 is 6.29 Å². The first-order valence-electron chi connectivity index (χ1n) is 1.09. The fourth-order valence-corrected chi connectivity index (χ4v) is 0. The summed E-state index contributed by atoms with van der Waals surface area (Å²) in [5.74, 6) is 0. The molecule has 0 amide bonds. The summed E-state index contributed by atoms with van der Waals surface area (Å²) < 4.78 is 0. The zero-order valence-corrected chi connectivity index (χ0v) is 9.82. The summed E-state index contributed by atoms with van der Waals surface area (Å²) in [4.78, 5) is 0. The average Bonchev–Trinajstić information content (AvgIpc) is 0.811. The van der Waals surface area contributed by atoms with Gasteiger partial charge in [-0.25, -0.2) is 0 Å². The van der Waals surface area contributed by atoms with Crippen LogP contribution in [0.2, 0.25) is 0 Å². The summed E-state index contributed by atoms with van der Waals surface area (Å²) in [5.41, 5.74) is 0. The zero-order valence-electron chi connectivity index (χ0n) is 3.89. The van der Waals surface area contributed by atoms with Gasteiger partial charge in [0.15, 0.2) is 0 Å². The molecule has 0 aromatic rings. The smallest absolute Gasteiger partial charge is 0.148 e. The fraction of sp³-hybridized carbons (Fsp3) is 1.00. The average molecular weight is 193 g/mol. The minimum atomic E-state index is -1.17. The van der Waals surface area contributed by atoms with Crippen molar-refractivity contribution in [2.24, 2.45) is 0 Å². The first-order chi connectivity index (χ1) is 1.73. The molecule has 2 N–H and O–H groups in total. The SMILES string of the molecule is CC(O)O.[Zn].[Zn]. The van der Waals surface area contributed by atoms with Crippen molar-refractivity contribution in [1.29, 1.82) is 0 Å². The van der Waals surface area contributed by atoms with Crippen LogP contribution in [0, 0.1) is 0 Å². The molecule has 0 aliphatic carbocycles. The van der Waals surface area contributed by atoms with Gasteiger partial charge in [0.25, 0.3) is 0 Å². The Morgan fingerprint density at radius 3 is 1.17 bits per heavy atom. The number of rotatable bonds is 0. The molecular weight excluding hydrogens is 187 g/mol. The molecule has 0 saturated heterocycles. The predicted molar refractivity (Wildman–Crippen MR) is 13.9 cm³/mol. The molecule has 0 heterocycles. The van der Waals surface area contributed by atoms with E-state index in [1.807, 2.05) is 0 Å². The monoisotopic (exact) mass is 190 g/mol. The van der Waals surface area contributed by atoms with E-state index in [-0.39, 0.29) is 39.0 Å². The molecule has 0 fully saturated rings. The second-order valence-corrected chi connectivity index (χ2v) is 0.632. The first-order valence-corrected chi connectivity index (χ1v) is 1.09. The summed E-state index contributed by atoms with van der Waals surface area (Å²) in [5, 5.41) is 15.2. The van der Waals surface area contributed by atoms with E-state index in [9.17, 15) is 0 Å². The summed E-state index contributed by atoms with van der Waals surface area (Å²) in [6.45, 7) is 1.28. The van der Waals surface area contributed by atoms with Crippen molar-refractivity contribution in [3.05, 3.63) is 0 Å². The molecule has 0 atom stereocenters. The van der Waals surface area contributed by atoms with Crippen LogP contribution >= 0.6 is 0 Å². The van der Waals surface area contributed by atoms with E-state index in [1.54, 1.807) is 0 Å². The Balaban J connectivity index is -0.0000000450. The molecule has 0 aromatic heterocycles. The van der Waals surface area contributed by atoms with Gasteiger partial charge in [0.2, 0.25) is 0 Å². The van der Waals surface area contributed by atoms with Gasteiger partial charge in [-0.2, -0.15) is 0 Å². The van der Waals surface area contributed by atoms with Crippen molar-refractivity contribution in [1.82, 2.24) is 0 Å². The number of hydrogen-bond donors (Lipinski definition) is 2. The van der Waals surface area contributed by atoms with Crippen LogP contribution in [0.4, 0.5) is 0 Å². The van der Waals surface area contributed by atoms with E-state index in [0.717, 1.165) is 0 Å². The van der Waals surface area contributed by atoms with Gasteiger partial charge in [0, 0.05) is 39.0 Å². The molecule has 0 aliphatic rings. The van der Waals surface area contributed by atoms with E-state index in [1.165, 1.54) is 6.92 Å². The Morgan fingerprint density at radius 1 is 1.17 bits per heavy atom. The van der Waals surface area contributed by atoms with Crippen LogP contribution in [0.3, 0.4) is 0 Å². The van der Waals surface area contributed by atoms with Crippen molar-refractivity contribution < 1.29 is 49.2 Å². The Bertz CT molecular complexity index is 14.3. The van der Waals surface area contributed by atoms with Gasteiger partial charge >= 0.3 is 0 Å². The molecule has 4 heteroatoms. The standard InChI is InChI=1S/C2H6O2.2Zn/c1-2(3)4;;/h2-4H,1H3;;. The van der Waals surface area contributed by atoms with Crippen molar-refractivity contribution in [3.63, 3.8) is 0 Å². The minimum Gasteiger partial charge on any atom is -0.368 e. The van der Waals surface area contributed by atoms with Crippen molar-refractivity contribution >= 4 is 0 Å². The van der Waals surface area contributed by atoms with Crippen molar-refractivity contribution in [3.8, 4) is 0 Å². The maximum atomic E-state index is 7.61. The Kier molecular flexibility index (Phi) is 24.8. The molecule has 30 valence electrons. The molecular formula is C2H6O2Zn2. The maximum Gasteiger partial charge on any atom is 0.148 e. The van der Waals surface area contributed by atoms with Gasteiger partial charge in [-0.05, 0) is 6.92 Å². The molecule has 0 aliphatic heterocycles. The van der Waals surface area contributed by atoms with Gasteiger partial charge in [-0.1, -0.05) is 0 Å². The Morgan fingerprint density at radius 2 is 1.17 bits per heavy atom. The molecule has 0 saturated carbocycles. The van der Waals surface area contributed by atoms with Crippen LogP contribution < -0.4 is 0 Å². The van der Waals surface area contributed by atoms with E-state index in [4.69, 9.17) is 10.2 Å². The van der Waals surface area contributed by atoms with E-state index in [2.05, 4.69) is 0 Å². The largest absolute Gasteiger partial charge is 0.368 e. The molecule has 6 heavy (non-hydrogen) atoms. The second-order valence-electron chi connectivity index (χ2n) is 0.632. The molecule has 0 bridgehead atoms. The Hall–Kier alpha value is 1.17. The van der Waals surface area contributed by atoms with Crippen molar-refractivity contribution in [2.45, 2.75) is 13.2 Å². The van der Waals surface area contributed by atoms with Crippen molar-refractivity contribution in [2.75, 3.05) is 0 Å². The van der Waals surface area contributed by atoms with Crippen LogP contribution in [-0.4, -0.2) is 16.5 Å². The van der Waals surface area contributed by atoms with Gasteiger partial charge in [0.05, 0.1) is 0 Å². The van der Waals surface area contributed by atoms with Gasteiger partial charge in [-0.15, -0.1) is 0 Å². The van der Waals surface area contributed by atoms with Crippen LogP contribution in [0.5, 0.6) is 0 Å². The third-order valence-corrected chi connectivity index (χ3v) is 0. The summed E-state index contributed by atoms with van der Waals surface area (Å²) in [7, 11) is 0. The fourth-order valence-electron chi connectivity index (χ4n) is 0. The maximum absolute atomic E-state index is 7.61. The Labute approximate surface area is 62.5 Å². The molecule has 0 radical (unpaired) electrons. The third kappa shape index (κ3) is 65.9. The molecule has 0 spiro atoms. The quantitative estimate of drug-likeness (QED) is 0.394. The molecule has 0 unspecified atom stereocenters. The number of hydrogen-bond acceptors (Lipinski definition) is 2. The van der Waals surface area contributed by atoms with E-state index in [0.29, 0.717) is 0 Å². The predicted octanol–water partition coefficient (Wildman–Crippen LogP) is -0.688. The topological polar surface area (TPSA) is 40.5 Å². The number of aliphatic hydroxyl groups is 2. The van der Waals surface area contributed by atoms with Crippen LogP contribution in [-0.2, 0) is 39.0 Å². The summed E-state index contributed by atoms with van der Waals surface area (Å²) in [6, 6.07) is 0. The van der Waals surface area contributed by atoms with Crippen LogP contribution in [0.1, 0.15) is 6.92 Å². The minimum absolute atomic E-state index is 0. The van der Waals surface area contributed by atoms with Crippen LogP contribution in [0.25, 0.3) is 0 Å². The van der Waals surface area contributed by atoms with Gasteiger partial charge in [0.1, 0.15) is 6.29 Å². The number of aliphatic hydroxyl groups excluding tert-OH is 1. The molecule has 2 nitrogen and oxygen atoms in total. The normalized spacial score (nSPS) is 6.00. The summed E-state index contributed by atoms with van der Waals surface area (Å²) >= 11 is 0. The zero-order chi connectivity index (χ0) is 3.58. The first kappa shape index (κ1) is 15.7. The van der Waals surface area contributed by atoms with E-state index >= 15 is 0 Å². The van der Waals surface area contributed by atoms with Crippen LogP contribution in [0.15, 0.2) is 0 Å². The third-order valence-electron chi connectivity index (χ3n) is 0. The van der Waals surface area contributed by atoms with Gasteiger partial charge in [-0.3, -0.25) is 0 Å².